The number of benzene rings is 4. The fourth-order valence-corrected chi connectivity index (χ4v) is 6.18. The molecule has 0 unspecified atom stereocenters. The van der Waals surface area contributed by atoms with Crippen molar-refractivity contribution in [2.75, 3.05) is 10.2 Å². The monoisotopic (exact) mass is 520 g/mol. The number of anilines is 2. The number of hydrogen-bond acceptors (Lipinski definition) is 5. The fraction of sp³-hybridized carbons (Fsp3) is 0.133. The van der Waals surface area contributed by atoms with Gasteiger partial charge < -0.3 is 5.32 Å². The van der Waals surface area contributed by atoms with Crippen LogP contribution in [-0.2, 0) is 14.4 Å². The third-order valence-corrected chi connectivity index (χ3v) is 7.93. The fourth-order valence-electron chi connectivity index (χ4n) is 6.06. The lowest BCUT2D eigenvalue weighted by Gasteiger charge is -2.33. The Hall–Kier alpha value is -4.49. The molecule has 0 spiro atoms. The number of fused-ring (bicyclic) bond motifs is 6. The Labute approximate surface area is 223 Å². The van der Waals surface area contributed by atoms with Crippen LogP contribution < -0.4 is 10.2 Å². The van der Waals surface area contributed by atoms with E-state index in [0.29, 0.717) is 16.4 Å². The zero-order valence-corrected chi connectivity index (χ0v) is 20.7. The van der Waals surface area contributed by atoms with Crippen molar-refractivity contribution < 1.29 is 14.4 Å². The maximum atomic E-state index is 14.2. The largest absolute Gasteiger partial charge is 0.324 e. The molecule has 0 radical (unpaired) electrons. The molecule has 0 aromatic heterocycles. The van der Waals surface area contributed by atoms with Crippen LogP contribution in [-0.4, -0.2) is 35.0 Å². The maximum Gasteiger partial charge on any atom is 0.249 e. The van der Waals surface area contributed by atoms with E-state index in [4.69, 9.17) is 11.6 Å². The Bertz CT molecular complexity index is 1660. The van der Waals surface area contributed by atoms with Gasteiger partial charge in [0.05, 0.1) is 29.8 Å². The quantitative estimate of drug-likeness (QED) is 0.385. The number of hydrazone groups is 1. The predicted molar refractivity (Wildman–Crippen MR) is 146 cm³/mol. The van der Waals surface area contributed by atoms with Crippen LogP contribution in [0.2, 0.25) is 5.02 Å². The van der Waals surface area contributed by atoms with E-state index >= 15 is 0 Å². The van der Waals surface area contributed by atoms with E-state index < -0.39 is 35.7 Å². The smallest absolute Gasteiger partial charge is 0.249 e. The zero-order chi connectivity index (χ0) is 26.0. The third kappa shape index (κ3) is 3.28. The first-order valence-corrected chi connectivity index (χ1v) is 12.7. The molecule has 3 heterocycles. The lowest BCUT2D eigenvalue weighted by molar-refractivity contribution is -0.129. The van der Waals surface area contributed by atoms with Crippen LogP contribution in [0.4, 0.5) is 11.4 Å². The van der Waals surface area contributed by atoms with E-state index in [1.54, 1.807) is 41.6 Å². The van der Waals surface area contributed by atoms with Gasteiger partial charge in [-0.3, -0.25) is 19.4 Å². The molecule has 4 aromatic carbocycles. The standard InChI is InChI=1S/C30H21ClN4O3/c31-19-12-14-20(15-13-19)33-28(36)27-25-24(26-22-10-4-2-7-18(22)16-32-35(26)27)29(37)34(30(25)38)23-11-5-8-17-6-1-3-9-21(17)23/h1-16,24-27H,(H,33,36)/t24-,25+,26+,27-/m0/s1. The molecule has 0 saturated carbocycles. The van der Waals surface area contributed by atoms with E-state index in [1.807, 2.05) is 60.7 Å². The highest BCUT2D eigenvalue weighted by Crippen LogP contribution is 2.53. The van der Waals surface area contributed by atoms with E-state index in [9.17, 15) is 14.4 Å². The van der Waals surface area contributed by atoms with Gasteiger partial charge in [0.25, 0.3) is 0 Å². The number of imide groups is 1. The van der Waals surface area contributed by atoms with E-state index in [-0.39, 0.29) is 5.91 Å². The van der Waals surface area contributed by atoms with Crippen LogP contribution in [0.25, 0.3) is 10.8 Å². The van der Waals surface area contributed by atoms with Crippen LogP contribution in [0, 0.1) is 11.8 Å². The Balaban J connectivity index is 1.35. The minimum atomic E-state index is -0.971. The van der Waals surface area contributed by atoms with E-state index in [0.717, 1.165) is 21.9 Å². The second kappa shape index (κ2) is 8.53. The van der Waals surface area contributed by atoms with Crippen LogP contribution in [0.5, 0.6) is 0 Å². The second-order valence-electron chi connectivity index (χ2n) is 9.70. The molecule has 38 heavy (non-hydrogen) atoms. The number of carbonyl (C=O) groups is 3. The number of halogens is 1. The summed E-state index contributed by atoms with van der Waals surface area (Å²) in [5.74, 6) is -2.78. The summed E-state index contributed by atoms with van der Waals surface area (Å²) in [6.07, 6.45) is 1.69. The average molecular weight is 521 g/mol. The molecule has 1 N–H and O–H groups in total. The van der Waals surface area contributed by atoms with Gasteiger partial charge in [-0.15, -0.1) is 0 Å². The summed E-state index contributed by atoms with van der Waals surface area (Å²) in [6.45, 7) is 0. The number of nitrogens with zero attached hydrogens (tertiary/aromatic N) is 3. The molecule has 3 aliphatic heterocycles. The molecule has 8 heteroatoms. The summed E-state index contributed by atoms with van der Waals surface area (Å²) in [6, 6.07) is 26.1. The molecule has 2 saturated heterocycles. The van der Waals surface area contributed by atoms with Crippen LogP contribution in [0.3, 0.4) is 0 Å². The molecule has 0 bridgehead atoms. The van der Waals surface area contributed by atoms with Gasteiger partial charge in [0, 0.05) is 16.1 Å². The van der Waals surface area contributed by atoms with Gasteiger partial charge in [-0.2, -0.15) is 5.10 Å². The summed E-state index contributed by atoms with van der Waals surface area (Å²) < 4.78 is 0. The van der Waals surface area contributed by atoms with Gasteiger partial charge >= 0.3 is 0 Å². The Morgan fingerprint density at radius 3 is 2.37 bits per heavy atom. The molecule has 0 aliphatic carbocycles. The number of rotatable bonds is 3. The highest BCUT2D eigenvalue weighted by atomic mass is 35.5. The molecular weight excluding hydrogens is 500 g/mol. The molecule has 7 rings (SSSR count). The van der Waals surface area contributed by atoms with Crippen LogP contribution in [0.1, 0.15) is 17.2 Å². The summed E-state index contributed by atoms with van der Waals surface area (Å²) in [7, 11) is 0. The zero-order valence-electron chi connectivity index (χ0n) is 20.0. The molecule has 3 aliphatic rings. The number of hydrogen-bond donors (Lipinski definition) is 1. The van der Waals surface area contributed by atoms with Crippen molar-refractivity contribution >= 4 is 57.7 Å². The van der Waals surface area contributed by atoms with Gasteiger partial charge in [0.1, 0.15) is 6.04 Å². The molecule has 7 nitrogen and oxygen atoms in total. The third-order valence-electron chi connectivity index (χ3n) is 7.68. The van der Waals surface area contributed by atoms with E-state index in [1.165, 1.54) is 4.90 Å². The van der Waals surface area contributed by atoms with Crippen LogP contribution >= 0.6 is 11.6 Å². The number of nitrogens with one attached hydrogen (secondary N) is 1. The lowest BCUT2D eigenvalue weighted by atomic mass is 9.85. The van der Waals surface area contributed by atoms with Gasteiger partial charge in [-0.1, -0.05) is 72.3 Å². The van der Waals surface area contributed by atoms with Crippen molar-refractivity contribution in [1.29, 1.82) is 0 Å². The topological polar surface area (TPSA) is 82.1 Å². The van der Waals surface area contributed by atoms with Gasteiger partial charge in [0.2, 0.25) is 17.7 Å². The Morgan fingerprint density at radius 2 is 1.53 bits per heavy atom. The highest BCUT2D eigenvalue weighted by Gasteiger charge is 2.65. The maximum absolute atomic E-state index is 14.2. The number of carbonyl (C=O) groups excluding carboxylic acids is 3. The van der Waals surface area contributed by atoms with Crippen molar-refractivity contribution in [3.63, 3.8) is 0 Å². The summed E-state index contributed by atoms with van der Waals surface area (Å²) in [4.78, 5) is 43.3. The first-order valence-electron chi connectivity index (χ1n) is 12.4. The molecule has 186 valence electrons. The lowest BCUT2D eigenvalue weighted by Crippen LogP contribution is -2.46. The first kappa shape index (κ1) is 22.7. The summed E-state index contributed by atoms with van der Waals surface area (Å²) in [5, 5.41) is 11.4. The van der Waals surface area contributed by atoms with Crippen LogP contribution in [0.15, 0.2) is 96.1 Å². The molecule has 4 atom stereocenters. The minimum absolute atomic E-state index is 0.319. The summed E-state index contributed by atoms with van der Waals surface area (Å²) in [5.41, 5.74) is 2.82. The Morgan fingerprint density at radius 1 is 0.816 bits per heavy atom. The van der Waals surface area contributed by atoms with E-state index in [2.05, 4.69) is 10.4 Å². The molecule has 4 aromatic rings. The van der Waals surface area contributed by atoms with Crippen molar-refractivity contribution in [3.05, 3.63) is 107 Å². The van der Waals surface area contributed by atoms with Gasteiger partial charge in [-0.25, -0.2) is 4.90 Å². The van der Waals surface area contributed by atoms with Gasteiger partial charge in [-0.05, 0) is 46.8 Å². The number of amides is 3. The predicted octanol–water partition coefficient (Wildman–Crippen LogP) is 5.01. The SMILES string of the molecule is O=C(Nc1ccc(Cl)cc1)[C@@H]1[C@@H]2C(=O)N(c3cccc4ccccc34)C(=O)[C@@H]2[C@H]2c3ccccc3C=NN12. The average Bonchev–Trinajstić information content (AvgIpc) is 3.42. The minimum Gasteiger partial charge on any atom is -0.324 e. The molecule has 3 amide bonds. The van der Waals surface area contributed by atoms with Crippen molar-refractivity contribution in [1.82, 2.24) is 5.01 Å². The van der Waals surface area contributed by atoms with Crippen molar-refractivity contribution in [2.45, 2.75) is 12.1 Å². The Kier molecular flexibility index (Phi) is 5.09. The normalized spacial score (nSPS) is 23.4. The first-order chi connectivity index (χ1) is 18.5. The molecular formula is C30H21ClN4O3. The van der Waals surface area contributed by atoms with Gasteiger partial charge in [0.15, 0.2) is 0 Å². The van der Waals surface area contributed by atoms with Crippen molar-refractivity contribution in [3.8, 4) is 0 Å². The second-order valence-corrected chi connectivity index (χ2v) is 10.1. The highest BCUT2D eigenvalue weighted by molar-refractivity contribution is 6.30. The summed E-state index contributed by atoms with van der Waals surface area (Å²) >= 11 is 6.01. The molecule has 2 fully saturated rings. The van der Waals surface area contributed by atoms with Crippen molar-refractivity contribution in [2.24, 2.45) is 16.9 Å².